The highest BCUT2D eigenvalue weighted by atomic mass is 19.1. The van der Waals surface area contributed by atoms with Gasteiger partial charge < -0.3 is 38.7 Å². The number of hydrogen-bond acceptors (Lipinski definition) is 16. The minimum absolute atomic E-state index is 0.00655. The summed E-state index contributed by atoms with van der Waals surface area (Å²) >= 11 is 0. The molecular formula is C103H143FN8O8. The van der Waals surface area contributed by atoms with Crippen LogP contribution < -0.4 is 0 Å². The highest BCUT2D eigenvalue weighted by Crippen LogP contribution is 2.37. The van der Waals surface area contributed by atoms with Crippen LogP contribution in [0.1, 0.15) is 331 Å². The number of benzene rings is 6. The Balaban J connectivity index is 0.000000193. The van der Waals surface area contributed by atoms with Crippen molar-refractivity contribution in [2.75, 3.05) is 40.1 Å². The molecule has 2 heterocycles. The predicted octanol–water partition coefficient (Wildman–Crippen LogP) is 24.8. The number of pyridine rings is 1. The number of aliphatic hydroxyl groups is 1. The van der Waals surface area contributed by atoms with Gasteiger partial charge in [-0.25, -0.2) is 4.39 Å². The van der Waals surface area contributed by atoms with Crippen molar-refractivity contribution in [3.05, 3.63) is 245 Å². The highest BCUT2D eigenvalue weighted by molar-refractivity contribution is 6.06. The minimum Gasteiger partial charge on any atom is -0.399 e. The van der Waals surface area contributed by atoms with Gasteiger partial charge in [0.1, 0.15) is 56.9 Å². The maximum atomic E-state index is 14.2. The van der Waals surface area contributed by atoms with Crippen LogP contribution in [0.15, 0.2) is 169 Å². The van der Waals surface area contributed by atoms with Crippen molar-refractivity contribution in [1.29, 1.82) is 0 Å². The second-order valence-electron chi connectivity index (χ2n) is 38.7. The lowest BCUT2D eigenvalue weighted by molar-refractivity contribution is 0.0858. The van der Waals surface area contributed by atoms with Crippen molar-refractivity contribution >= 4 is 34.8 Å². The van der Waals surface area contributed by atoms with E-state index in [9.17, 15) is 4.39 Å². The first-order chi connectivity index (χ1) is 56.4. The third kappa shape index (κ3) is 29.1. The number of fused-ring (bicyclic) bond motifs is 5. The second-order valence-corrected chi connectivity index (χ2v) is 38.7. The summed E-state index contributed by atoms with van der Waals surface area (Å²) in [5, 5.41) is 37.2. The van der Waals surface area contributed by atoms with Crippen molar-refractivity contribution in [2.24, 2.45) is 30.9 Å². The lowest BCUT2D eigenvalue weighted by Gasteiger charge is -2.24. The molecule has 2 aromatic heterocycles. The maximum absolute atomic E-state index is 14.2. The van der Waals surface area contributed by atoms with Crippen LogP contribution in [0.2, 0.25) is 0 Å². The second kappa shape index (κ2) is 43.8. The Labute approximate surface area is 719 Å². The van der Waals surface area contributed by atoms with Crippen molar-refractivity contribution in [1.82, 2.24) is 10.1 Å². The van der Waals surface area contributed by atoms with Gasteiger partial charge >= 0.3 is 0 Å². The van der Waals surface area contributed by atoms with Crippen LogP contribution in [-0.2, 0) is 105 Å². The average Bonchev–Trinajstić information content (AvgIpc) is 1.53. The first-order valence-corrected chi connectivity index (χ1v) is 43.5. The van der Waals surface area contributed by atoms with E-state index in [-0.39, 0.29) is 63.0 Å². The molecular weight excluding hydrogens is 1500 g/mol. The zero-order chi connectivity index (χ0) is 88.6. The van der Waals surface area contributed by atoms with Gasteiger partial charge in [-0.05, 0) is 222 Å². The number of aryl methyl sites for hydroxylation is 6. The van der Waals surface area contributed by atoms with Gasteiger partial charge in [0.05, 0.1) is 47.1 Å². The number of hydrogen-bond donors (Lipinski definition) is 1. The van der Waals surface area contributed by atoms with Crippen LogP contribution in [-0.4, -0.2) is 96.3 Å². The molecule has 0 radical (unpaired) electrons. The van der Waals surface area contributed by atoms with Gasteiger partial charge in [0.2, 0.25) is 0 Å². The monoisotopic (exact) mass is 1640 g/mol. The first-order valence-electron chi connectivity index (χ1n) is 43.5. The molecule has 0 fully saturated rings. The van der Waals surface area contributed by atoms with Crippen LogP contribution in [0, 0.1) is 5.82 Å². The third-order valence-corrected chi connectivity index (χ3v) is 21.4. The highest BCUT2D eigenvalue weighted by Gasteiger charge is 2.29. The van der Waals surface area contributed by atoms with E-state index in [1.165, 1.54) is 84.3 Å². The molecule has 0 spiro atoms. The van der Waals surface area contributed by atoms with E-state index in [2.05, 4.69) is 303 Å². The van der Waals surface area contributed by atoms with Gasteiger partial charge in [-0.2, -0.15) is 0 Å². The molecule has 17 heteroatoms. The average molecular weight is 1640 g/mol. The standard InChI is InChI=1S/2C16H23NO.C15H20FNO.C15H21NO2.C15H19NO.C14H19NO.C12H18N2O/c1-11(2)18-17-15-9-6-12-10-13(16(3,4)5)7-8-14(12)15;1-5-18-17-15-8-6-7-12-11-13(16(2,3)4)9-10-14(12)15;1-5-18-17-13-7-6-10-8-11(15(2,3)4)9-12(16)14(10)13;1-15(2,3)12-5-6-13-11(10-12)4-7-14(13)16-18-9-8-17;1-5-13-10-14(16-17-13)11-6-8-12(9-7-11)15(2,3)4;1-14(2,3)11-6-7-12-10(9-11)5-8-13(12)15-16-4;1-5-15-14-9-11-7-6-10(8-13-11)12(2,3)4/h7-8,10-11H,6,9H2,1-5H3;9-11H,5-8H2,1-4H3;8-9H,5-7H2,1-4H3;5-6,10,17H,4,7-9H2,1-3H3;6-10H,5H2,1-4H3;6-7,9H,5,8H2,1-4H3;6-9H,5H2,1-4H3/b2*17-15+;17-13+;16-14+;;15-13+;14-9+. The van der Waals surface area contributed by atoms with E-state index in [0.717, 1.165) is 133 Å². The summed E-state index contributed by atoms with van der Waals surface area (Å²) in [6.45, 7) is 60.2. The van der Waals surface area contributed by atoms with Gasteiger partial charge in [-0.1, -0.05) is 298 Å². The molecule has 0 atom stereocenters. The van der Waals surface area contributed by atoms with Crippen LogP contribution in [0.5, 0.6) is 0 Å². The molecule has 1 N–H and O–H groups in total. The Kier molecular flexibility index (Phi) is 35.6. The fourth-order valence-electron chi connectivity index (χ4n) is 14.0. The molecule has 5 aliphatic rings. The Morgan fingerprint density at radius 2 is 0.808 bits per heavy atom. The Bertz CT molecular complexity index is 4790. The molecule has 0 bridgehead atoms. The summed E-state index contributed by atoms with van der Waals surface area (Å²) in [4.78, 5) is 34.7. The van der Waals surface area contributed by atoms with E-state index >= 15 is 0 Å². The maximum Gasteiger partial charge on any atom is 0.140 e. The molecule has 0 saturated carbocycles. The number of aromatic nitrogens is 2. The number of halogens is 1. The van der Waals surface area contributed by atoms with Crippen LogP contribution in [0.4, 0.5) is 4.39 Å². The SMILES string of the molecule is CC(C)(C)c1ccc2c(c1)CC/C2=N\OCCO.CC(C)O/N=C1\CCc2cc(C(C)(C)C)ccc21.CCO/N=C/c1ccc(C(C)(C)C)cn1.CCO/N=C1\CCCc2cc(C(C)(C)C)ccc21.CCO/N=C1\CCc2cc(C(C)(C)C)cc(F)c21.CCc1cc(-c2ccc(C(C)(C)C)cc2)no1.CO/N=C1\CCc2cc(C(C)(C)C)ccc21. The lowest BCUT2D eigenvalue weighted by atomic mass is 9.82. The molecule has 6 aromatic carbocycles. The van der Waals surface area contributed by atoms with Crippen LogP contribution in [0.3, 0.4) is 0 Å². The Morgan fingerprint density at radius 3 is 1.22 bits per heavy atom. The number of nitrogens with zero attached hydrogens (tertiary/aromatic N) is 8. The van der Waals surface area contributed by atoms with Crippen molar-refractivity contribution in [2.45, 2.75) is 308 Å². The van der Waals surface area contributed by atoms with Gasteiger partial charge in [0.25, 0.3) is 0 Å². The molecule has 13 rings (SSSR count). The minimum atomic E-state index is -0.173. The number of aliphatic hydroxyl groups excluding tert-OH is 1. The van der Waals surface area contributed by atoms with E-state index in [0.29, 0.717) is 25.4 Å². The molecule has 0 saturated heterocycles. The van der Waals surface area contributed by atoms with Crippen molar-refractivity contribution in [3.63, 3.8) is 0 Å². The molecule has 650 valence electrons. The zero-order valence-electron chi connectivity index (χ0n) is 78.1. The van der Waals surface area contributed by atoms with Gasteiger partial charge in [0.15, 0.2) is 0 Å². The van der Waals surface area contributed by atoms with Gasteiger partial charge in [0, 0.05) is 52.1 Å². The summed E-state index contributed by atoms with van der Waals surface area (Å²) in [5.41, 5.74) is 30.4. The van der Waals surface area contributed by atoms with E-state index in [4.69, 9.17) is 38.7 Å². The molecule has 0 aliphatic heterocycles. The molecule has 120 heavy (non-hydrogen) atoms. The number of oxime groups is 6. The lowest BCUT2D eigenvalue weighted by Crippen LogP contribution is -2.16. The summed E-state index contributed by atoms with van der Waals surface area (Å²) in [5.74, 6) is 0.758. The van der Waals surface area contributed by atoms with Crippen LogP contribution in [0.25, 0.3) is 11.3 Å². The predicted molar refractivity (Wildman–Crippen MR) is 496 cm³/mol. The quantitative estimate of drug-likeness (QED) is 0.0587. The molecule has 5 aliphatic carbocycles. The summed E-state index contributed by atoms with van der Waals surface area (Å²) in [6, 6.07) is 45.1. The fraction of sp³-hybridized carbons (Fsp3) is 0.515. The third-order valence-electron chi connectivity index (χ3n) is 21.4. The summed E-state index contributed by atoms with van der Waals surface area (Å²) in [7, 11) is 1.61. The van der Waals surface area contributed by atoms with Gasteiger partial charge in [-0.3, -0.25) is 4.98 Å². The van der Waals surface area contributed by atoms with E-state index in [1.807, 2.05) is 52.9 Å². The zero-order valence-corrected chi connectivity index (χ0v) is 78.1. The Morgan fingerprint density at radius 1 is 0.417 bits per heavy atom. The smallest absolute Gasteiger partial charge is 0.140 e. The number of rotatable bonds is 15. The fourth-order valence-corrected chi connectivity index (χ4v) is 14.0. The van der Waals surface area contributed by atoms with Gasteiger partial charge in [-0.15, -0.1) is 0 Å². The molecule has 8 aromatic rings. The van der Waals surface area contributed by atoms with E-state index in [1.54, 1.807) is 19.4 Å². The van der Waals surface area contributed by atoms with Crippen molar-refractivity contribution < 1.29 is 43.0 Å². The topological polar surface area (TPSA) is 189 Å². The molecule has 16 nitrogen and oxygen atoms in total. The Hall–Kier alpha value is -9.61. The normalized spacial score (nSPS) is 15.9. The van der Waals surface area contributed by atoms with Crippen LogP contribution >= 0.6 is 0 Å². The summed E-state index contributed by atoms with van der Waals surface area (Å²) < 4.78 is 19.4. The van der Waals surface area contributed by atoms with E-state index < -0.39 is 0 Å². The first kappa shape index (κ1) is 97.5. The molecule has 0 amide bonds. The molecule has 0 unspecified atom stereocenters. The van der Waals surface area contributed by atoms with Crippen molar-refractivity contribution in [3.8, 4) is 11.3 Å². The largest absolute Gasteiger partial charge is 0.399 e. The summed E-state index contributed by atoms with van der Waals surface area (Å²) in [6.07, 6.45) is 15.6.